The van der Waals surface area contributed by atoms with Gasteiger partial charge in [0.2, 0.25) is 0 Å². The van der Waals surface area contributed by atoms with Crippen molar-refractivity contribution in [2.75, 3.05) is 6.54 Å². The van der Waals surface area contributed by atoms with Gasteiger partial charge in [0, 0.05) is 23.2 Å². The van der Waals surface area contributed by atoms with Crippen molar-refractivity contribution >= 4 is 24.0 Å². The molecular weight excluding hydrogens is 372 g/mol. The normalized spacial score (nSPS) is 11.7. The van der Waals surface area contributed by atoms with Crippen LogP contribution in [-0.2, 0) is 0 Å². The number of ketones is 2. The van der Waals surface area contributed by atoms with Crippen molar-refractivity contribution in [3.63, 3.8) is 0 Å². The molecule has 0 radical (unpaired) electrons. The molecule has 3 N–H and O–H groups in total. The first-order valence-corrected chi connectivity index (χ1v) is 8.90. The van der Waals surface area contributed by atoms with Crippen LogP contribution in [0.25, 0.3) is 0 Å². The molecule has 28 heavy (non-hydrogen) atoms. The van der Waals surface area contributed by atoms with Crippen molar-refractivity contribution < 1.29 is 9.59 Å². The highest BCUT2D eigenvalue weighted by molar-refractivity contribution is 5.94. The van der Waals surface area contributed by atoms with Crippen molar-refractivity contribution in [2.24, 2.45) is 5.73 Å². The van der Waals surface area contributed by atoms with Gasteiger partial charge in [-0.25, -0.2) is 0 Å². The van der Waals surface area contributed by atoms with E-state index in [1.165, 1.54) is 0 Å². The number of halogens is 1. The minimum Gasteiger partial charge on any atom is -0.324 e. The first-order valence-electron chi connectivity index (χ1n) is 8.90. The Bertz CT molecular complexity index is 791. The van der Waals surface area contributed by atoms with E-state index in [4.69, 9.17) is 12.2 Å². The van der Waals surface area contributed by atoms with Crippen molar-refractivity contribution in [2.45, 2.75) is 39.8 Å². The number of carbonyl (C=O) groups is 2. The van der Waals surface area contributed by atoms with Crippen LogP contribution in [0.2, 0.25) is 0 Å². The van der Waals surface area contributed by atoms with Crippen molar-refractivity contribution in [3.05, 3.63) is 70.8 Å². The van der Waals surface area contributed by atoms with E-state index >= 15 is 0 Å². The molecule has 150 valence electrons. The van der Waals surface area contributed by atoms with E-state index < -0.39 is 0 Å². The predicted molar refractivity (Wildman–Crippen MR) is 118 cm³/mol. The molecule has 0 unspecified atom stereocenters. The van der Waals surface area contributed by atoms with E-state index in [9.17, 15) is 9.59 Å². The average Bonchev–Trinajstić information content (AvgIpc) is 2.66. The van der Waals surface area contributed by atoms with Gasteiger partial charge in [-0.1, -0.05) is 54.5 Å². The van der Waals surface area contributed by atoms with Crippen molar-refractivity contribution in [1.82, 2.24) is 5.32 Å². The fraction of sp³-hybridized carbons (Fsp3) is 0.304. The quantitative estimate of drug-likeness (QED) is 0.553. The molecule has 2 atom stereocenters. The Hall–Kier alpha value is -2.45. The zero-order valence-electron chi connectivity index (χ0n) is 16.9. The van der Waals surface area contributed by atoms with E-state index in [1.807, 2.05) is 50.2 Å². The van der Waals surface area contributed by atoms with Gasteiger partial charge in [-0.3, -0.25) is 14.9 Å². The third kappa shape index (κ3) is 8.49. The third-order valence-corrected chi connectivity index (χ3v) is 4.17. The standard InChI is InChI=1S/C13H15NO.C10H13NO.ClH/c1-4-9-14-10(2)12-5-7-13(8-6-12)11(3)15;1-7(11)9-3-5-10(6-4-9)8(2)12;/h1,5-8,10,14H,9H2,2-3H3;3-7H,11H2,1-2H3;1H/t10-;7-;/m00./s1. The molecule has 0 saturated carbocycles. The maximum Gasteiger partial charge on any atom is 0.159 e. The zero-order chi connectivity index (χ0) is 20.4. The number of hydrogen-bond donors (Lipinski definition) is 2. The van der Waals surface area contributed by atoms with E-state index in [1.54, 1.807) is 26.0 Å². The van der Waals surface area contributed by atoms with Gasteiger partial charge in [0.25, 0.3) is 0 Å². The van der Waals surface area contributed by atoms with Crippen molar-refractivity contribution in [3.8, 4) is 12.3 Å². The molecule has 5 heteroatoms. The van der Waals surface area contributed by atoms with E-state index in [0.29, 0.717) is 6.54 Å². The highest BCUT2D eigenvalue weighted by Gasteiger charge is 2.04. The maximum absolute atomic E-state index is 11.1. The van der Waals surface area contributed by atoms with Crippen LogP contribution in [0.4, 0.5) is 0 Å². The van der Waals surface area contributed by atoms with Gasteiger partial charge in [0.1, 0.15) is 0 Å². The SMILES string of the molecule is C#CCN[C@@H](C)c1ccc(C(C)=O)cc1.CC(=O)c1ccc([C@H](C)N)cc1.Cl. The van der Waals surface area contributed by atoms with Gasteiger partial charge in [0.05, 0.1) is 6.54 Å². The molecule has 2 aromatic carbocycles. The summed E-state index contributed by atoms with van der Waals surface area (Å²) in [7, 11) is 0. The van der Waals surface area contributed by atoms with Crippen LogP contribution in [0.5, 0.6) is 0 Å². The molecule has 0 heterocycles. The molecule has 0 spiro atoms. The maximum atomic E-state index is 11.1. The molecule has 0 aliphatic carbocycles. The van der Waals surface area contributed by atoms with E-state index in [-0.39, 0.29) is 36.1 Å². The van der Waals surface area contributed by atoms with Crippen LogP contribution >= 0.6 is 12.4 Å². The Morgan fingerprint density at radius 3 is 1.64 bits per heavy atom. The number of rotatable bonds is 6. The lowest BCUT2D eigenvalue weighted by Crippen LogP contribution is -2.18. The second-order valence-corrected chi connectivity index (χ2v) is 6.45. The minimum absolute atomic E-state index is 0. The van der Waals surface area contributed by atoms with E-state index in [0.717, 1.165) is 22.3 Å². The fourth-order valence-electron chi connectivity index (χ4n) is 2.36. The highest BCUT2D eigenvalue weighted by atomic mass is 35.5. The van der Waals surface area contributed by atoms with Gasteiger partial charge < -0.3 is 5.73 Å². The molecule has 0 saturated heterocycles. The van der Waals surface area contributed by atoms with Crippen LogP contribution in [0, 0.1) is 12.3 Å². The molecule has 0 fully saturated rings. The molecule has 0 aliphatic heterocycles. The van der Waals surface area contributed by atoms with Crippen LogP contribution in [0.15, 0.2) is 48.5 Å². The van der Waals surface area contributed by atoms with Crippen LogP contribution < -0.4 is 11.1 Å². The first-order chi connectivity index (χ1) is 12.8. The molecule has 0 aromatic heterocycles. The monoisotopic (exact) mass is 400 g/mol. The zero-order valence-corrected chi connectivity index (χ0v) is 17.7. The van der Waals surface area contributed by atoms with Crippen molar-refractivity contribution in [1.29, 1.82) is 0 Å². The minimum atomic E-state index is 0. The third-order valence-electron chi connectivity index (χ3n) is 4.17. The lowest BCUT2D eigenvalue weighted by atomic mass is 10.0. The predicted octanol–water partition coefficient (Wildman–Crippen LogP) is 4.50. The van der Waals surface area contributed by atoms with Gasteiger partial charge in [-0.05, 0) is 38.8 Å². The van der Waals surface area contributed by atoms with Gasteiger partial charge >= 0.3 is 0 Å². The van der Waals surface area contributed by atoms with Gasteiger partial charge in [-0.2, -0.15) is 0 Å². The summed E-state index contributed by atoms with van der Waals surface area (Å²) in [6, 6.07) is 15.2. The Balaban J connectivity index is 0.000000514. The molecule has 0 bridgehead atoms. The second kappa shape index (κ2) is 12.9. The second-order valence-electron chi connectivity index (χ2n) is 6.45. The summed E-state index contributed by atoms with van der Waals surface area (Å²) in [5.74, 6) is 2.71. The summed E-state index contributed by atoms with van der Waals surface area (Å²) in [6.45, 7) is 7.63. The summed E-state index contributed by atoms with van der Waals surface area (Å²) in [4.78, 5) is 22.0. The van der Waals surface area contributed by atoms with Crippen LogP contribution in [0.1, 0.15) is 71.6 Å². The molecule has 0 aliphatic rings. The van der Waals surface area contributed by atoms with Crippen LogP contribution in [0.3, 0.4) is 0 Å². The highest BCUT2D eigenvalue weighted by Crippen LogP contribution is 2.13. The topological polar surface area (TPSA) is 72.2 Å². The largest absolute Gasteiger partial charge is 0.324 e. The Labute approximate surface area is 174 Å². The molecule has 0 amide bonds. The Morgan fingerprint density at radius 2 is 1.32 bits per heavy atom. The molecule has 4 nitrogen and oxygen atoms in total. The Morgan fingerprint density at radius 1 is 0.929 bits per heavy atom. The fourth-order valence-corrected chi connectivity index (χ4v) is 2.36. The Kier molecular flexibility index (Phi) is 11.7. The molecular formula is C23H29ClN2O2. The summed E-state index contributed by atoms with van der Waals surface area (Å²) >= 11 is 0. The first kappa shape index (κ1) is 25.6. The number of carbonyl (C=O) groups excluding carboxylic acids is 2. The lowest BCUT2D eigenvalue weighted by Gasteiger charge is -2.12. The van der Waals surface area contributed by atoms with E-state index in [2.05, 4.69) is 11.2 Å². The lowest BCUT2D eigenvalue weighted by molar-refractivity contribution is 0.100. The van der Waals surface area contributed by atoms with Gasteiger partial charge in [-0.15, -0.1) is 18.8 Å². The number of benzene rings is 2. The number of nitrogens with two attached hydrogens (primary N) is 1. The smallest absolute Gasteiger partial charge is 0.159 e. The number of Topliss-reactive ketones (excluding diaryl/α,β-unsaturated/α-hetero) is 2. The summed E-state index contributed by atoms with van der Waals surface area (Å²) in [5, 5.41) is 3.18. The summed E-state index contributed by atoms with van der Waals surface area (Å²) < 4.78 is 0. The average molecular weight is 401 g/mol. The van der Waals surface area contributed by atoms with Gasteiger partial charge in [0.15, 0.2) is 11.6 Å². The molecule has 2 aromatic rings. The summed E-state index contributed by atoms with van der Waals surface area (Å²) in [6.07, 6.45) is 5.16. The molecule has 2 rings (SSSR count). The number of hydrogen-bond acceptors (Lipinski definition) is 4. The van der Waals surface area contributed by atoms with Crippen LogP contribution in [-0.4, -0.2) is 18.1 Å². The number of nitrogens with one attached hydrogen (secondary N) is 1. The summed E-state index contributed by atoms with van der Waals surface area (Å²) in [5.41, 5.74) is 9.32. The number of terminal acetylenes is 1.